The van der Waals surface area contributed by atoms with Crippen LogP contribution in [0.15, 0.2) is 0 Å². The van der Waals surface area contributed by atoms with Crippen molar-refractivity contribution in [2.24, 2.45) is 0 Å². The molecule has 0 aromatic carbocycles. The van der Waals surface area contributed by atoms with Gasteiger partial charge in [-0.05, 0) is 0 Å². The van der Waals surface area contributed by atoms with Gasteiger partial charge in [0, 0.05) is 13.1 Å². The second-order valence-electron chi connectivity index (χ2n) is 14.0. The van der Waals surface area contributed by atoms with E-state index in [4.69, 9.17) is 0 Å². The molecular weight excluding hydrogens is 1360 g/mol. The van der Waals surface area contributed by atoms with Crippen molar-refractivity contribution >= 4 is 27.9 Å². The predicted octanol–water partition coefficient (Wildman–Crippen LogP) is 9.10. The molecule has 0 radical (unpaired) electrons. The molecule has 2 atom stereocenters. The summed E-state index contributed by atoms with van der Waals surface area (Å²) in [5.74, 6) is -133. The van der Waals surface area contributed by atoms with Gasteiger partial charge in [-0.2, -0.15) is 184 Å². The number of phosphoric ester groups is 1. The average molecular weight is 1370 g/mol. The fourth-order valence-electron chi connectivity index (χ4n) is 4.75. The summed E-state index contributed by atoms with van der Waals surface area (Å²) >= 11 is 0. The Bertz CT molecular complexity index is 2340. The van der Waals surface area contributed by atoms with Crippen LogP contribution in [0.1, 0.15) is 13.8 Å². The molecule has 0 aliphatic carbocycles. The molecular formula is C24H10F42N2NaO8PS2. The molecule has 56 heteroatoms. The Balaban J connectivity index is 0. The maximum absolute atomic E-state index is 15.6. The van der Waals surface area contributed by atoms with Crippen molar-refractivity contribution in [3.63, 3.8) is 0 Å². The molecule has 0 amide bonds. The van der Waals surface area contributed by atoms with E-state index in [-0.39, 0.29) is 29.6 Å². The van der Waals surface area contributed by atoms with E-state index in [2.05, 4.69) is 0 Å². The standard InChI is InChI=1S/C24H11F42N2O8PS2.Na/c1-3-67(78(71,72)21(61,62)15(45,46)11(37,38)7(29,30)5(25,26)9(33,34)13(41,42)17(49,50)51)23(65,19(55,56)57)75-77(69,70)76-24(66,20(58,59)60)68(4-2)79(73,74)22(63,64)16(47,48)12(39,40)8(31,32)6(27,28)10(35,36)14(43,44)18(52,53)54;/h3-4H2,1-2H3,(H,69,70);/q;+1/p-1. The van der Waals surface area contributed by atoms with Gasteiger partial charge in [-0.3, -0.25) is 13.6 Å². The molecule has 0 N–H and O–H groups in total. The second kappa shape index (κ2) is 20.9. The number of hydrogen-bond donors (Lipinski definition) is 0. The molecule has 0 aromatic heterocycles. The Labute approximate surface area is 430 Å². The van der Waals surface area contributed by atoms with Gasteiger partial charge < -0.3 is 4.89 Å². The van der Waals surface area contributed by atoms with Crippen LogP contribution in [-0.2, 0) is 33.7 Å². The Morgan fingerprint density at radius 3 is 0.600 bits per heavy atom. The van der Waals surface area contributed by atoms with Crippen LogP contribution in [0.4, 0.5) is 184 Å². The fraction of sp³-hybridized carbons (Fsp3) is 1.00. The van der Waals surface area contributed by atoms with Crippen molar-refractivity contribution in [2.45, 2.75) is 132 Å². The molecule has 0 heterocycles. The van der Waals surface area contributed by atoms with Gasteiger partial charge in [-0.1, -0.05) is 13.8 Å². The quantitative estimate of drug-likeness (QED) is 0.0308. The predicted molar refractivity (Wildman–Crippen MR) is 154 cm³/mol. The SMILES string of the molecule is CCN(C(F)(OP(=O)([O-])OC(F)(N(CC)S(=O)(=O)C(F)(F)C(F)(F)C(F)(F)C(F)(F)C(F)(F)C(F)(F)C(F)(F)C(F)(F)F)C(F)(F)F)C(F)(F)F)S(=O)(=O)C(F)(F)C(F)(F)C(F)(F)C(F)(F)C(F)(F)C(F)(F)C(F)(F)C(F)(F)F.[Na+]. The first kappa shape index (κ1) is 80.1. The number of sulfonamides is 2. The Morgan fingerprint density at radius 1 is 0.312 bits per heavy atom. The van der Waals surface area contributed by atoms with Crippen molar-refractivity contribution in [3.8, 4) is 0 Å². The van der Waals surface area contributed by atoms with Crippen molar-refractivity contribution in [1.29, 1.82) is 0 Å². The summed E-state index contributed by atoms with van der Waals surface area (Å²) in [6.45, 7) is -9.72. The summed E-state index contributed by atoms with van der Waals surface area (Å²) in [5, 5.41) is -19.1. The number of phosphoric acid groups is 1. The van der Waals surface area contributed by atoms with Crippen molar-refractivity contribution in [2.75, 3.05) is 13.1 Å². The molecule has 0 saturated carbocycles. The van der Waals surface area contributed by atoms with Gasteiger partial charge in [-0.25, -0.2) is 16.8 Å². The zero-order chi connectivity index (χ0) is 65.5. The second-order valence-corrected chi connectivity index (χ2v) is 19.1. The topological polar surface area (TPSA) is 133 Å². The molecule has 0 saturated heterocycles. The van der Waals surface area contributed by atoms with Crippen LogP contribution >= 0.6 is 7.82 Å². The van der Waals surface area contributed by atoms with Gasteiger partial charge in [0.2, 0.25) is 0 Å². The first-order valence-corrected chi connectivity index (χ1v) is 21.4. The summed E-state index contributed by atoms with van der Waals surface area (Å²) < 4.78 is 638. The van der Waals surface area contributed by atoms with E-state index in [1.54, 1.807) is 9.05 Å². The molecule has 0 bridgehead atoms. The first-order valence-electron chi connectivity index (χ1n) is 17.0. The van der Waals surface area contributed by atoms with Crippen molar-refractivity contribution in [1.82, 2.24) is 8.61 Å². The van der Waals surface area contributed by atoms with Gasteiger partial charge in [0.1, 0.15) is 0 Å². The average Bonchev–Trinajstić information content (AvgIpc) is 3.17. The van der Waals surface area contributed by atoms with Gasteiger partial charge >= 0.3 is 148 Å². The summed E-state index contributed by atoms with van der Waals surface area (Å²) in [7, 11) is -30.2. The molecule has 0 fully saturated rings. The number of alkyl halides is 42. The Kier molecular flexibility index (Phi) is 20.9. The first-order chi connectivity index (χ1) is 33.3. The van der Waals surface area contributed by atoms with Crippen LogP contribution in [0.3, 0.4) is 0 Å². The van der Waals surface area contributed by atoms with E-state index in [1.165, 1.54) is 0 Å². The van der Waals surface area contributed by atoms with E-state index in [0.717, 1.165) is 0 Å². The maximum atomic E-state index is 15.6. The Morgan fingerprint density at radius 2 is 0.463 bits per heavy atom. The largest absolute Gasteiger partial charge is 1.00 e. The van der Waals surface area contributed by atoms with E-state index in [1.807, 2.05) is 0 Å². The zero-order valence-corrected chi connectivity index (χ0v) is 40.2. The summed E-state index contributed by atoms with van der Waals surface area (Å²) in [6.07, 6.45) is -34.3. The monoisotopic (exact) mass is 1370 g/mol. The number of hydrogen-bond acceptors (Lipinski definition) is 8. The molecule has 0 spiro atoms. The van der Waals surface area contributed by atoms with Crippen molar-refractivity contribution in [3.05, 3.63) is 0 Å². The van der Waals surface area contributed by atoms with Gasteiger partial charge in [0.15, 0.2) is 0 Å². The van der Waals surface area contributed by atoms with Crippen molar-refractivity contribution < 1.29 is 249 Å². The van der Waals surface area contributed by atoms with Gasteiger partial charge in [0.25, 0.3) is 27.9 Å². The van der Waals surface area contributed by atoms with Gasteiger partial charge in [0.05, 0.1) is 0 Å². The molecule has 0 aromatic rings. The van der Waals surface area contributed by atoms with E-state index < -0.39 is 182 Å². The number of halogens is 42. The van der Waals surface area contributed by atoms with E-state index >= 15 is 8.78 Å². The normalized spacial score (nSPS) is 18.7. The minimum atomic E-state index is -10.1. The molecule has 2 unspecified atom stereocenters. The summed E-state index contributed by atoms with van der Waals surface area (Å²) in [6, 6.07) is 0. The Hall–Kier alpha value is -2.01. The van der Waals surface area contributed by atoms with Crippen LogP contribution in [0.5, 0.6) is 0 Å². The molecule has 0 rings (SSSR count). The molecule has 476 valence electrons. The smallest absolute Gasteiger partial charge is 0.756 e. The molecule has 10 nitrogen and oxygen atoms in total. The number of rotatable bonds is 24. The minimum Gasteiger partial charge on any atom is -0.756 e. The van der Waals surface area contributed by atoms with E-state index in [0.29, 0.717) is 0 Å². The van der Waals surface area contributed by atoms with Crippen LogP contribution in [0.25, 0.3) is 0 Å². The molecule has 0 aliphatic rings. The van der Waals surface area contributed by atoms with Crippen LogP contribution in [0, 0.1) is 0 Å². The zero-order valence-electron chi connectivity index (χ0n) is 35.7. The van der Waals surface area contributed by atoms with Crippen LogP contribution < -0.4 is 34.5 Å². The fourth-order valence-corrected chi connectivity index (χ4v) is 8.93. The van der Waals surface area contributed by atoms with Crippen LogP contribution in [-0.4, -0.2) is 157 Å². The van der Waals surface area contributed by atoms with E-state index in [9.17, 15) is 202 Å². The minimum absolute atomic E-state index is 0. The van der Waals surface area contributed by atoms with Gasteiger partial charge in [-0.15, -0.1) is 8.61 Å². The third-order valence-electron chi connectivity index (χ3n) is 9.00. The third kappa shape index (κ3) is 10.7. The molecule has 80 heavy (non-hydrogen) atoms. The van der Waals surface area contributed by atoms with Crippen LogP contribution in [0.2, 0.25) is 0 Å². The summed E-state index contributed by atoms with van der Waals surface area (Å²) in [4.78, 5) is 12.2. The summed E-state index contributed by atoms with van der Waals surface area (Å²) in [5.41, 5.74) is 0. The molecule has 0 aliphatic heterocycles. The maximum Gasteiger partial charge on any atom is 1.00 e. The number of nitrogens with zero attached hydrogens (tertiary/aromatic N) is 2. The third-order valence-corrected chi connectivity index (χ3v) is 13.9.